The van der Waals surface area contributed by atoms with Gasteiger partial charge >= 0.3 is 0 Å². The number of piperidine rings is 1. The molecule has 0 N–H and O–H groups in total. The quantitative estimate of drug-likeness (QED) is 0.720. The average Bonchev–Trinajstić information content (AvgIpc) is 3.20. The maximum absolute atomic E-state index is 13.6. The second kappa shape index (κ2) is 8.78. The van der Waals surface area contributed by atoms with Crippen LogP contribution in [0.5, 0.6) is 11.5 Å². The number of hydrogen-bond acceptors (Lipinski definition) is 5. The fourth-order valence-electron chi connectivity index (χ4n) is 4.29. The van der Waals surface area contributed by atoms with E-state index in [0.717, 1.165) is 5.75 Å². The highest BCUT2D eigenvalue weighted by Gasteiger charge is 2.47. The molecule has 2 aliphatic heterocycles. The zero-order valence-corrected chi connectivity index (χ0v) is 18.4. The molecule has 31 heavy (non-hydrogen) atoms. The number of ether oxygens (including phenoxy) is 2. The molecular weight excluding hydrogens is 419 g/mol. The largest absolute Gasteiger partial charge is 0.497 e. The summed E-state index contributed by atoms with van der Waals surface area (Å²) in [6.07, 6.45) is 1.34. The normalized spacial score (nSPS) is 17.6. The van der Waals surface area contributed by atoms with Gasteiger partial charge in [0.25, 0.3) is 11.8 Å². The molecule has 2 fully saturated rings. The van der Waals surface area contributed by atoms with Crippen LogP contribution in [0.2, 0.25) is 0 Å². The lowest BCUT2D eigenvalue weighted by molar-refractivity contribution is 0.0496. The number of benzene rings is 2. The van der Waals surface area contributed by atoms with Crippen molar-refractivity contribution in [1.82, 2.24) is 9.80 Å². The summed E-state index contributed by atoms with van der Waals surface area (Å²) in [5.41, 5.74) is 0.856. The van der Waals surface area contributed by atoms with Crippen LogP contribution < -0.4 is 9.47 Å². The van der Waals surface area contributed by atoms with Gasteiger partial charge in [-0.1, -0.05) is 6.07 Å². The molecule has 8 heteroatoms. The van der Waals surface area contributed by atoms with Crippen molar-refractivity contribution in [3.05, 3.63) is 59.4 Å². The number of hydrogen-bond donors (Lipinski definition) is 0. The first-order valence-corrected chi connectivity index (χ1v) is 11.2. The Kier molecular flexibility index (Phi) is 6.09. The Labute approximate surface area is 185 Å². The number of nitrogens with zero attached hydrogens (tertiary/aromatic N) is 2. The van der Waals surface area contributed by atoms with Crippen LogP contribution in [0.1, 0.15) is 33.6 Å². The topological polar surface area (TPSA) is 59.1 Å². The molecule has 0 radical (unpaired) electrons. The van der Waals surface area contributed by atoms with E-state index in [2.05, 4.69) is 0 Å². The summed E-state index contributed by atoms with van der Waals surface area (Å²) in [5.74, 6) is 1.27. The molecule has 2 amide bonds. The number of thioether (sulfide) groups is 1. The lowest BCUT2D eigenvalue weighted by Gasteiger charge is -2.44. The Morgan fingerprint density at radius 2 is 1.77 bits per heavy atom. The Bertz CT molecular complexity index is 991. The van der Waals surface area contributed by atoms with Gasteiger partial charge in [0.15, 0.2) is 0 Å². The average molecular weight is 445 g/mol. The molecule has 0 unspecified atom stereocenters. The van der Waals surface area contributed by atoms with E-state index in [-0.39, 0.29) is 16.7 Å². The third kappa shape index (κ3) is 4.08. The van der Waals surface area contributed by atoms with Crippen molar-refractivity contribution in [2.24, 2.45) is 0 Å². The van der Waals surface area contributed by atoms with E-state index in [1.807, 2.05) is 4.90 Å². The van der Waals surface area contributed by atoms with Crippen LogP contribution in [0.4, 0.5) is 4.39 Å². The van der Waals surface area contributed by atoms with Crippen LogP contribution in [0, 0.1) is 5.82 Å². The molecule has 4 rings (SSSR count). The highest BCUT2D eigenvalue weighted by molar-refractivity contribution is 8.00. The van der Waals surface area contributed by atoms with Crippen LogP contribution in [0.15, 0.2) is 42.5 Å². The van der Waals surface area contributed by atoms with E-state index >= 15 is 0 Å². The predicted octanol–water partition coefficient (Wildman–Crippen LogP) is 3.66. The summed E-state index contributed by atoms with van der Waals surface area (Å²) in [5, 5.41) is 0. The summed E-state index contributed by atoms with van der Waals surface area (Å²) >= 11 is 1.76. The Morgan fingerprint density at radius 1 is 1.00 bits per heavy atom. The lowest BCUT2D eigenvalue weighted by atomic mass is 10.00. The molecule has 0 bridgehead atoms. The van der Waals surface area contributed by atoms with Gasteiger partial charge in [-0.2, -0.15) is 0 Å². The first kappa shape index (κ1) is 21.5. The third-order valence-electron chi connectivity index (χ3n) is 5.97. The number of carbonyl (C=O) groups is 2. The van der Waals surface area contributed by atoms with Crippen LogP contribution in [0.3, 0.4) is 0 Å². The Hall–Kier alpha value is -2.74. The zero-order chi connectivity index (χ0) is 22.0. The van der Waals surface area contributed by atoms with E-state index < -0.39 is 5.82 Å². The minimum Gasteiger partial charge on any atom is -0.497 e. The van der Waals surface area contributed by atoms with Gasteiger partial charge in [0, 0.05) is 37.0 Å². The predicted molar refractivity (Wildman–Crippen MR) is 117 cm³/mol. The second-order valence-electron chi connectivity index (χ2n) is 7.62. The molecular formula is C23H25FN2O4S. The number of carbonyl (C=O) groups excluding carboxylic acids is 2. The van der Waals surface area contributed by atoms with Gasteiger partial charge in [-0.25, -0.2) is 4.39 Å². The van der Waals surface area contributed by atoms with Gasteiger partial charge in [0.2, 0.25) is 0 Å². The minimum absolute atomic E-state index is 0.0969. The third-order valence-corrected chi connectivity index (χ3v) is 7.52. The smallest absolute Gasteiger partial charge is 0.257 e. The fraction of sp³-hybridized carbons (Fsp3) is 0.391. The van der Waals surface area contributed by atoms with E-state index in [1.54, 1.807) is 54.1 Å². The summed E-state index contributed by atoms with van der Waals surface area (Å²) in [6, 6.07) is 11.0. The van der Waals surface area contributed by atoms with Crippen LogP contribution in [-0.2, 0) is 0 Å². The van der Waals surface area contributed by atoms with E-state index in [1.165, 1.54) is 19.2 Å². The second-order valence-corrected chi connectivity index (χ2v) is 9.08. The van der Waals surface area contributed by atoms with Gasteiger partial charge in [-0.05, 0) is 43.2 Å². The monoisotopic (exact) mass is 444 g/mol. The maximum atomic E-state index is 13.6. The summed E-state index contributed by atoms with van der Waals surface area (Å²) in [7, 11) is 3.10. The number of methoxy groups -OCH3 is 2. The van der Waals surface area contributed by atoms with E-state index in [0.29, 0.717) is 55.1 Å². The highest BCUT2D eigenvalue weighted by atomic mass is 32.2. The number of amides is 2. The Balaban J connectivity index is 1.48. The van der Waals surface area contributed by atoms with Crippen molar-refractivity contribution in [3.8, 4) is 11.5 Å². The van der Waals surface area contributed by atoms with Crippen molar-refractivity contribution in [3.63, 3.8) is 0 Å². The van der Waals surface area contributed by atoms with E-state index in [4.69, 9.17) is 9.47 Å². The molecule has 2 aliphatic rings. The first-order valence-electron chi connectivity index (χ1n) is 10.2. The van der Waals surface area contributed by atoms with Crippen molar-refractivity contribution < 1.29 is 23.5 Å². The molecule has 2 aromatic carbocycles. The fourth-order valence-corrected chi connectivity index (χ4v) is 5.75. The molecule has 6 nitrogen and oxygen atoms in total. The summed E-state index contributed by atoms with van der Waals surface area (Å²) in [4.78, 5) is 29.5. The van der Waals surface area contributed by atoms with Crippen molar-refractivity contribution >= 4 is 23.6 Å². The molecule has 0 saturated carbocycles. The zero-order valence-electron chi connectivity index (χ0n) is 17.6. The van der Waals surface area contributed by atoms with Crippen LogP contribution in [0.25, 0.3) is 0 Å². The van der Waals surface area contributed by atoms with Crippen LogP contribution in [-0.4, -0.2) is 66.1 Å². The molecule has 1 spiro atoms. The van der Waals surface area contributed by atoms with E-state index in [9.17, 15) is 14.0 Å². The number of likely N-dealkylation sites (tertiary alicyclic amines) is 1. The van der Waals surface area contributed by atoms with Gasteiger partial charge < -0.3 is 19.3 Å². The maximum Gasteiger partial charge on any atom is 0.257 e. The molecule has 164 valence electrons. The molecule has 2 heterocycles. The Morgan fingerprint density at radius 3 is 2.45 bits per heavy atom. The van der Waals surface area contributed by atoms with Gasteiger partial charge in [-0.15, -0.1) is 11.8 Å². The molecule has 0 aromatic heterocycles. The first-order chi connectivity index (χ1) is 15.0. The number of rotatable bonds is 4. The highest BCUT2D eigenvalue weighted by Crippen LogP contribution is 2.45. The van der Waals surface area contributed by atoms with Gasteiger partial charge in [0.1, 0.15) is 17.3 Å². The molecule has 2 saturated heterocycles. The molecule has 0 aliphatic carbocycles. The minimum atomic E-state index is -0.416. The SMILES string of the molecule is COc1ccc(C(=O)N2CCC3(CC2)SCCN3C(=O)c2cccc(F)c2)c(OC)c1. The van der Waals surface area contributed by atoms with Crippen molar-refractivity contribution in [1.29, 1.82) is 0 Å². The molecule has 2 aromatic rings. The van der Waals surface area contributed by atoms with Crippen molar-refractivity contribution in [2.45, 2.75) is 17.7 Å². The standard InChI is InChI=1S/C23H25FN2O4S/c1-29-18-6-7-19(20(15-18)30-2)22(28)25-10-8-23(9-11-25)26(12-13-31-23)21(27)16-4-3-5-17(24)14-16/h3-7,14-15H,8-13H2,1-2H3. The van der Waals surface area contributed by atoms with Crippen LogP contribution >= 0.6 is 11.8 Å². The summed E-state index contributed by atoms with van der Waals surface area (Å²) in [6.45, 7) is 1.70. The van der Waals surface area contributed by atoms with Crippen molar-refractivity contribution in [2.75, 3.05) is 39.6 Å². The number of halogens is 1. The summed E-state index contributed by atoms with van der Waals surface area (Å²) < 4.78 is 24.2. The van der Waals surface area contributed by atoms with Gasteiger partial charge in [-0.3, -0.25) is 9.59 Å². The van der Waals surface area contributed by atoms with Gasteiger partial charge in [0.05, 0.1) is 24.7 Å². The lowest BCUT2D eigenvalue weighted by Crippen LogP contribution is -2.53. The molecule has 0 atom stereocenters.